The molecule has 3 N–H and O–H groups in total. The fraction of sp³-hybridized carbons (Fsp3) is 1.00. The molecular formula is C10H23NO2S. The lowest BCUT2D eigenvalue weighted by Gasteiger charge is -2.03. The van der Waals surface area contributed by atoms with Crippen molar-refractivity contribution in [2.75, 3.05) is 37.8 Å². The highest BCUT2D eigenvalue weighted by Crippen LogP contribution is 2.00. The highest BCUT2D eigenvalue weighted by molar-refractivity contribution is 7.99. The van der Waals surface area contributed by atoms with Gasteiger partial charge in [-0.2, -0.15) is 11.8 Å². The first-order chi connectivity index (χ1) is 6.91. The second kappa shape index (κ2) is 13.2. The molecule has 3 nitrogen and oxygen atoms in total. The third-order valence-electron chi connectivity index (χ3n) is 1.88. The lowest BCUT2D eigenvalue weighted by molar-refractivity contribution is 0.283. The van der Waals surface area contributed by atoms with Crippen LogP contribution >= 0.6 is 11.8 Å². The fourth-order valence-electron chi connectivity index (χ4n) is 1.08. The Morgan fingerprint density at radius 3 is 2.29 bits per heavy atom. The first-order valence-electron chi connectivity index (χ1n) is 5.42. The summed E-state index contributed by atoms with van der Waals surface area (Å²) in [6.45, 7) is 2.73. The van der Waals surface area contributed by atoms with E-state index in [4.69, 9.17) is 10.2 Å². The second-order valence-electron chi connectivity index (χ2n) is 3.22. The number of nitrogens with one attached hydrogen (secondary N) is 1. The quantitative estimate of drug-likeness (QED) is 0.453. The Bertz CT molecular complexity index is 92.1. The van der Waals surface area contributed by atoms with E-state index in [0.29, 0.717) is 13.2 Å². The Morgan fingerprint density at radius 2 is 1.57 bits per heavy atom. The molecule has 4 heteroatoms. The van der Waals surface area contributed by atoms with Crippen molar-refractivity contribution < 1.29 is 10.2 Å². The average molecular weight is 221 g/mol. The van der Waals surface area contributed by atoms with E-state index in [1.54, 1.807) is 0 Å². The van der Waals surface area contributed by atoms with Crippen LogP contribution in [0.3, 0.4) is 0 Å². The van der Waals surface area contributed by atoms with Crippen molar-refractivity contribution in [2.45, 2.75) is 25.7 Å². The molecule has 0 aromatic carbocycles. The Hall–Kier alpha value is 0.230. The molecule has 0 radical (unpaired) electrons. The Labute approximate surface area is 91.3 Å². The van der Waals surface area contributed by atoms with Gasteiger partial charge in [0.05, 0.1) is 0 Å². The van der Waals surface area contributed by atoms with E-state index in [9.17, 15) is 0 Å². The summed E-state index contributed by atoms with van der Waals surface area (Å²) < 4.78 is 0. The van der Waals surface area contributed by atoms with Crippen molar-refractivity contribution in [3.8, 4) is 0 Å². The maximum Gasteiger partial charge on any atom is 0.0438 e. The number of aliphatic hydroxyl groups is 2. The number of rotatable bonds is 11. The number of hydrogen-bond donors (Lipinski definition) is 3. The summed E-state index contributed by atoms with van der Waals surface area (Å²) in [6, 6.07) is 0. The zero-order valence-electron chi connectivity index (χ0n) is 8.87. The smallest absolute Gasteiger partial charge is 0.0438 e. The van der Waals surface area contributed by atoms with Crippen molar-refractivity contribution in [1.82, 2.24) is 5.32 Å². The molecule has 14 heavy (non-hydrogen) atoms. The molecule has 0 rings (SSSR count). The number of hydrogen-bond acceptors (Lipinski definition) is 4. The van der Waals surface area contributed by atoms with Crippen LogP contribution in [0.5, 0.6) is 0 Å². The molecule has 0 unspecified atom stereocenters. The van der Waals surface area contributed by atoms with E-state index >= 15 is 0 Å². The zero-order valence-corrected chi connectivity index (χ0v) is 9.69. The van der Waals surface area contributed by atoms with E-state index in [1.165, 1.54) is 0 Å². The standard InChI is InChI=1S/C10H23NO2S/c12-7-3-1-2-5-11-6-10-14-9-4-8-13/h11-13H,1-10H2. The highest BCUT2D eigenvalue weighted by atomic mass is 32.2. The van der Waals surface area contributed by atoms with Crippen LogP contribution in [0.2, 0.25) is 0 Å². The van der Waals surface area contributed by atoms with Crippen LogP contribution in [0.15, 0.2) is 0 Å². The lowest BCUT2D eigenvalue weighted by atomic mass is 10.2. The normalized spacial score (nSPS) is 10.7. The van der Waals surface area contributed by atoms with Gasteiger partial charge in [-0.1, -0.05) is 0 Å². The Balaban J connectivity index is 2.78. The van der Waals surface area contributed by atoms with Gasteiger partial charge in [-0.15, -0.1) is 0 Å². The van der Waals surface area contributed by atoms with Crippen LogP contribution < -0.4 is 5.32 Å². The third kappa shape index (κ3) is 12.2. The minimum Gasteiger partial charge on any atom is -0.396 e. The molecule has 0 fully saturated rings. The number of unbranched alkanes of at least 4 members (excludes halogenated alkanes) is 2. The van der Waals surface area contributed by atoms with Gasteiger partial charge in [0.2, 0.25) is 0 Å². The van der Waals surface area contributed by atoms with Crippen LogP contribution in [0.25, 0.3) is 0 Å². The number of aliphatic hydroxyl groups excluding tert-OH is 2. The predicted octanol–water partition coefficient (Wildman–Crippen LogP) is 0.854. The van der Waals surface area contributed by atoms with E-state index in [-0.39, 0.29) is 0 Å². The molecule has 0 bridgehead atoms. The van der Waals surface area contributed by atoms with Gasteiger partial charge < -0.3 is 15.5 Å². The summed E-state index contributed by atoms with van der Waals surface area (Å²) in [5, 5.41) is 20.4. The zero-order chi connectivity index (χ0) is 10.5. The summed E-state index contributed by atoms with van der Waals surface area (Å²) in [4.78, 5) is 0. The molecular weight excluding hydrogens is 198 g/mol. The predicted molar refractivity (Wildman–Crippen MR) is 62.8 cm³/mol. The van der Waals surface area contributed by atoms with Crippen LogP contribution in [0, 0.1) is 0 Å². The number of thioether (sulfide) groups is 1. The Kier molecular flexibility index (Phi) is 13.4. The Morgan fingerprint density at radius 1 is 0.786 bits per heavy atom. The lowest BCUT2D eigenvalue weighted by Crippen LogP contribution is -2.18. The van der Waals surface area contributed by atoms with Crippen molar-refractivity contribution >= 4 is 11.8 Å². The maximum atomic E-state index is 8.55. The van der Waals surface area contributed by atoms with Gasteiger partial charge in [0, 0.05) is 25.5 Å². The maximum absolute atomic E-state index is 8.55. The summed E-state index contributed by atoms with van der Waals surface area (Å²) in [6.07, 6.45) is 4.09. The summed E-state index contributed by atoms with van der Waals surface area (Å²) in [7, 11) is 0. The monoisotopic (exact) mass is 221 g/mol. The van der Waals surface area contributed by atoms with Gasteiger partial charge in [-0.05, 0) is 38.0 Å². The van der Waals surface area contributed by atoms with Crippen molar-refractivity contribution in [3.05, 3.63) is 0 Å². The van der Waals surface area contributed by atoms with Crippen molar-refractivity contribution in [2.24, 2.45) is 0 Å². The largest absolute Gasteiger partial charge is 0.396 e. The fourth-order valence-corrected chi connectivity index (χ4v) is 1.90. The van der Waals surface area contributed by atoms with Crippen LogP contribution in [-0.2, 0) is 0 Å². The molecule has 0 saturated heterocycles. The molecule has 0 aliphatic rings. The second-order valence-corrected chi connectivity index (χ2v) is 4.45. The third-order valence-corrected chi connectivity index (χ3v) is 2.95. The van der Waals surface area contributed by atoms with E-state index in [0.717, 1.165) is 50.3 Å². The van der Waals surface area contributed by atoms with Gasteiger partial charge in [-0.3, -0.25) is 0 Å². The van der Waals surface area contributed by atoms with E-state index < -0.39 is 0 Å². The SMILES string of the molecule is OCCCCCNCCSCCCO. The average Bonchev–Trinajstić information content (AvgIpc) is 2.21. The molecule has 0 aliphatic heterocycles. The summed E-state index contributed by atoms with van der Waals surface area (Å²) >= 11 is 1.88. The van der Waals surface area contributed by atoms with Gasteiger partial charge in [0.15, 0.2) is 0 Å². The van der Waals surface area contributed by atoms with Crippen molar-refractivity contribution in [1.29, 1.82) is 0 Å². The molecule has 0 spiro atoms. The molecule has 86 valence electrons. The molecule has 0 aromatic rings. The molecule has 0 saturated carbocycles. The van der Waals surface area contributed by atoms with Gasteiger partial charge in [0.1, 0.15) is 0 Å². The van der Waals surface area contributed by atoms with Crippen LogP contribution in [-0.4, -0.2) is 48.0 Å². The topological polar surface area (TPSA) is 52.5 Å². The molecule has 0 atom stereocenters. The van der Waals surface area contributed by atoms with E-state index in [2.05, 4.69) is 5.32 Å². The highest BCUT2D eigenvalue weighted by Gasteiger charge is 1.90. The van der Waals surface area contributed by atoms with E-state index in [1.807, 2.05) is 11.8 Å². The van der Waals surface area contributed by atoms with Crippen LogP contribution in [0.1, 0.15) is 25.7 Å². The molecule has 0 aliphatic carbocycles. The first-order valence-corrected chi connectivity index (χ1v) is 6.57. The molecule has 0 amide bonds. The summed E-state index contributed by atoms with van der Waals surface area (Å²) in [5.41, 5.74) is 0. The van der Waals surface area contributed by atoms with Gasteiger partial charge >= 0.3 is 0 Å². The minimum atomic E-state index is 0.307. The summed E-state index contributed by atoms with van der Waals surface area (Å²) in [5.74, 6) is 2.18. The first kappa shape index (κ1) is 14.2. The molecule has 0 heterocycles. The van der Waals surface area contributed by atoms with Gasteiger partial charge in [0.25, 0.3) is 0 Å². The molecule has 0 aromatic heterocycles. The minimum absolute atomic E-state index is 0.307. The van der Waals surface area contributed by atoms with Gasteiger partial charge in [-0.25, -0.2) is 0 Å². The van der Waals surface area contributed by atoms with Crippen LogP contribution in [0.4, 0.5) is 0 Å². The van der Waals surface area contributed by atoms with Crippen molar-refractivity contribution in [3.63, 3.8) is 0 Å².